The number of hydrogen-bond acceptors (Lipinski definition) is 4. The SMILES string of the molecule is C[C@@]1(O)CC[C@H]2C(CCC3C2CC[C@@]2(C)C3C[C@@H](C(F)(F)F)C2C(=O)Cn2cc(C#N)cn2)C1. The van der Waals surface area contributed by atoms with Crippen LogP contribution >= 0.6 is 0 Å². The molecule has 5 unspecified atom stereocenters. The van der Waals surface area contributed by atoms with Crippen molar-refractivity contribution in [1.82, 2.24) is 9.78 Å². The molecule has 5 nitrogen and oxygen atoms in total. The van der Waals surface area contributed by atoms with Gasteiger partial charge in [-0.25, -0.2) is 0 Å². The Morgan fingerprint density at radius 2 is 1.94 bits per heavy atom. The Balaban J connectivity index is 1.41. The molecule has 0 bridgehead atoms. The van der Waals surface area contributed by atoms with E-state index in [1.807, 2.05) is 19.9 Å². The summed E-state index contributed by atoms with van der Waals surface area (Å²) in [6.45, 7) is 3.62. The van der Waals surface area contributed by atoms with Crippen LogP contribution < -0.4 is 0 Å². The molecule has 0 aromatic carbocycles. The summed E-state index contributed by atoms with van der Waals surface area (Å²) in [6, 6.07) is 1.94. The van der Waals surface area contributed by atoms with Gasteiger partial charge in [0.2, 0.25) is 0 Å². The molecule has 186 valence electrons. The fraction of sp³-hybridized carbons (Fsp3) is 0.808. The summed E-state index contributed by atoms with van der Waals surface area (Å²) in [5.74, 6) is -1.65. The lowest BCUT2D eigenvalue weighted by atomic mass is 9.49. The molecule has 1 aromatic rings. The van der Waals surface area contributed by atoms with Crippen molar-refractivity contribution < 1.29 is 23.1 Å². The number of carbonyl (C=O) groups excluding carboxylic acids is 1. The third-order valence-electron chi connectivity index (χ3n) is 10.1. The lowest BCUT2D eigenvalue weighted by Crippen LogP contribution is -2.51. The maximum atomic E-state index is 14.3. The highest BCUT2D eigenvalue weighted by molar-refractivity contribution is 5.82. The van der Waals surface area contributed by atoms with E-state index < -0.39 is 34.8 Å². The highest BCUT2D eigenvalue weighted by atomic mass is 19.4. The van der Waals surface area contributed by atoms with Crippen LogP contribution in [-0.2, 0) is 11.3 Å². The monoisotopic (exact) mass is 477 g/mol. The van der Waals surface area contributed by atoms with E-state index in [0.717, 1.165) is 38.5 Å². The van der Waals surface area contributed by atoms with Crippen LogP contribution in [0, 0.1) is 58.2 Å². The van der Waals surface area contributed by atoms with Gasteiger partial charge >= 0.3 is 6.18 Å². The highest BCUT2D eigenvalue weighted by Crippen LogP contribution is 2.67. The van der Waals surface area contributed by atoms with E-state index in [0.29, 0.717) is 29.7 Å². The van der Waals surface area contributed by atoms with Crippen LogP contribution in [0.3, 0.4) is 0 Å². The molecule has 8 heteroatoms. The number of fused-ring (bicyclic) bond motifs is 5. The minimum atomic E-state index is -4.42. The predicted molar refractivity (Wildman–Crippen MR) is 118 cm³/mol. The molecule has 0 amide bonds. The van der Waals surface area contributed by atoms with Crippen molar-refractivity contribution in [3.8, 4) is 6.07 Å². The van der Waals surface area contributed by atoms with E-state index in [1.54, 1.807) is 0 Å². The molecular formula is C26H34F3N3O2. The first-order valence-corrected chi connectivity index (χ1v) is 12.7. The number of Topliss-reactive ketones (excluding diaryl/α,β-unsaturated/α-hetero) is 1. The number of ketones is 1. The second kappa shape index (κ2) is 8.08. The Bertz CT molecular complexity index is 996. The summed E-state index contributed by atoms with van der Waals surface area (Å²) in [5.41, 5.74) is -1.00. The van der Waals surface area contributed by atoms with Gasteiger partial charge in [-0.15, -0.1) is 0 Å². The van der Waals surface area contributed by atoms with E-state index >= 15 is 0 Å². The summed E-state index contributed by atoms with van der Waals surface area (Å²) >= 11 is 0. The number of aromatic nitrogens is 2. The number of alkyl halides is 3. The Morgan fingerprint density at radius 3 is 2.62 bits per heavy atom. The first-order chi connectivity index (χ1) is 15.9. The third kappa shape index (κ3) is 3.88. The lowest BCUT2D eigenvalue weighted by Gasteiger charge is -2.56. The van der Waals surface area contributed by atoms with Gasteiger partial charge < -0.3 is 5.11 Å². The molecule has 9 atom stereocenters. The van der Waals surface area contributed by atoms with Crippen LogP contribution in [0.4, 0.5) is 13.2 Å². The maximum Gasteiger partial charge on any atom is 0.392 e. The molecule has 0 saturated heterocycles. The van der Waals surface area contributed by atoms with E-state index in [1.165, 1.54) is 17.1 Å². The van der Waals surface area contributed by atoms with Crippen molar-refractivity contribution in [2.45, 2.75) is 83.5 Å². The minimum Gasteiger partial charge on any atom is -0.390 e. The summed E-state index contributed by atoms with van der Waals surface area (Å²) in [6.07, 6.45) is 4.27. The molecular weight excluding hydrogens is 443 g/mol. The number of nitriles is 1. The number of nitrogens with zero attached hydrogens (tertiary/aromatic N) is 3. The van der Waals surface area contributed by atoms with Crippen molar-refractivity contribution in [3.05, 3.63) is 18.0 Å². The topological polar surface area (TPSA) is 78.9 Å². The van der Waals surface area contributed by atoms with E-state index in [-0.39, 0.29) is 24.8 Å². The number of hydrogen-bond donors (Lipinski definition) is 1. The van der Waals surface area contributed by atoms with E-state index in [4.69, 9.17) is 5.26 Å². The number of carbonyl (C=O) groups is 1. The number of aliphatic hydroxyl groups is 1. The van der Waals surface area contributed by atoms with Gasteiger partial charge in [0.25, 0.3) is 0 Å². The van der Waals surface area contributed by atoms with Crippen LogP contribution in [0.15, 0.2) is 12.4 Å². The molecule has 4 fully saturated rings. The second-order valence-corrected chi connectivity index (χ2v) is 12.1. The van der Waals surface area contributed by atoms with Gasteiger partial charge in [0.15, 0.2) is 5.78 Å². The average molecular weight is 478 g/mol. The molecule has 0 spiro atoms. The molecule has 5 rings (SSSR count). The van der Waals surface area contributed by atoms with Crippen molar-refractivity contribution >= 4 is 5.78 Å². The van der Waals surface area contributed by atoms with E-state index in [9.17, 15) is 23.1 Å². The molecule has 4 saturated carbocycles. The Kier molecular flexibility index (Phi) is 5.66. The van der Waals surface area contributed by atoms with Crippen molar-refractivity contribution in [2.24, 2.45) is 46.8 Å². The summed E-state index contributed by atoms with van der Waals surface area (Å²) in [4.78, 5) is 13.4. The third-order valence-corrected chi connectivity index (χ3v) is 10.1. The first-order valence-electron chi connectivity index (χ1n) is 12.7. The van der Waals surface area contributed by atoms with Gasteiger partial charge in [0.05, 0.1) is 29.8 Å². The van der Waals surface area contributed by atoms with Crippen LogP contribution in [0.25, 0.3) is 0 Å². The lowest BCUT2D eigenvalue weighted by molar-refractivity contribution is -0.191. The molecule has 4 aliphatic carbocycles. The van der Waals surface area contributed by atoms with Crippen molar-refractivity contribution in [3.63, 3.8) is 0 Å². The van der Waals surface area contributed by atoms with Crippen LogP contribution in [0.1, 0.15) is 70.8 Å². The summed E-state index contributed by atoms with van der Waals surface area (Å²) < 4.78 is 44.2. The van der Waals surface area contributed by atoms with Crippen LogP contribution in [0.5, 0.6) is 0 Å². The second-order valence-electron chi connectivity index (χ2n) is 12.1. The molecule has 1 N–H and O–H groups in total. The molecule has 0 aliphatic heterocycles. The highest BCUT2D eigenvalue weighted by Gasteiger charge is 2.66. The maximum absolute atomic E-state index is 14.3. The zero-order chi connectivity index (χ0) is 24.5. The van der Waals surface area contributed by atoms with Gasteiger partial charge in [0.1, 0.15) is 6.07 Å². The van der Waals surface area contributed by atoms with Gasteiger partial charge in [-0.05, 0) is 93.3 Å². The largest absolute Gasteiger partial charge is 0.392 e. The molecule has 1 aromatic heterocycles. The molecule has 34 heavy (non-hydrogen) atoms. The Labute approximate surface area is 198 Å². The van der Waals surface area contributed by atoms with Crippen LogP contribution in [-0.4, -0.2) is 32.4 Å². The molecule has 1 heterocycles. The van der Waals surface area contributed by atoms with Gasteiger partial charge in [0, 0.05) is 12.1 Å². The quantitative estimate of drug-likeness (QED) is 0.655. The predicted octanol–water partition coefficient (Wildman–Crippen LogP) is 5.13. The Hall–Kier alpha value is -1.88. The Morgan fingerprint density at radius 1 is 1.21 bits per heavy atom. The van der Waals surface area contributed by atoms with Gasteiger partial charge in [-0.1, -0.05) is 6.92 Å². The average Bonchev–Trinajstić information content (AvgIpc) is 3.33. The van der Waals surface area contributed by atoms with Gasteiger partial charge in [-0.3, -0.25) is 9.48 Å². The molecule has 4 aliphatic rings. The zero-order valence-corrected chi connectivity index (χ0v) is 19.9. The zero-order valence-electron chi connectivity index (χ0n) is 19.9. The normalized spacial score (nSPS) is 44.0. The molecule has 0 radical (unpaired) electrons. The summed E-state index contributed by atoms with van der Waals surface area (Å²) in [5, 5.41) is 23.6. The minimum absolute atomic E-state index is 0.0369. The van der Waals surface area contributed by atoms with Gasteiger partial charge in [-0.2, -0.15) is 23.5 Å². The number of halogens is 3. The fourth-order valence-electron chi connectivity index (χ4n) is 8.81. The van der Waals surface area contributed by atoms with Crippen LogP contribution in [0.2, 0.25) is 0 Å². The van der Waals surface area contributed by atoms with E-state index in [2.05, 4.69) is 5.10 Å². The smallest absolute Gasteiger partial charge is 0.390 e. The standard InChI is InChI=1S/C26H34F3N3O2/c1-24(34)7-5-17-16(10-24)3-4-19-18(17)6-8-25(2)20(19)9-21(26(27,28)29)23(25)22(33)14-32-13-15(11-30)12-31-32/h12-13,16-21,23,34H,3-10,14H2,1-2H3/t16?,17-,18?,19?,20?,21+,23?,24+,25-/m0/s1. The fourth-order valence-corrected chi connectivity index (χ4v) is 8.81. The van der Waals surface area contributed by atoms with Crippen molar-refractivity contribution in [2.75, 3.05) is 0 Å². The first kappa shape index (κ1) is 23.8. The summed E-state index contributed by atoms with van der Waals surface area (Å²) in [7, 11) is 0. The van der Waals surface area contributed by atoms with Crippen molar-refractivity contribution in [1.29, 1.82) is 5.26 Å². The number of rotatable bonds is 3.